The minimum Gasteiger partial charge on any atom is -1.00 e. The number of hydrogen-bond donors (Lipinski definition) is 1. The van der Waals surface area contributed by atoms with Gasteiger partial charge in [-0.1, -0.05) is 13.8 Å². The van der Waals surface area contributed by atoms with Gasteiger partial charge in [0, 0.05) is 12.2 Å². The van der Waals surface area contributed by atoms with Gasteiger partial charge in [-0.25, -0.2) is 4.79 Å². The molecule has 0 unspecified atom stereocenters. The Bertz CT molecular complexity index is 359. The number of halogens is 1. The van der Waals surface area contributed by atoms with Crippen LogP contribution in [0.2, 0.25) is 0 Å². The lowest BCUT2D eigenvalue weighted by atomic mass is 10.2. The third-order valence-electron chi connectivity index (χ3n) is 2.68. The molecule has 0 saturated heterocycles. The SMILES string of the molecule is CCN(CC)CCOC(=O)c1ccc(N)cc1.O.[Cl-].[H+]. The number of likely N-dealkylation sites (N-methyl/N-ethyl adjacent to an activating group) is 1. The number of esters is 1. The molecule has 0 aliphatic rings. The van der Waals surface area contributed by atoms with Crippen LogP contribution in [0.3, 0.4) is 0 Å². The molecular weight excluding hydrogens is 268 g/mol. The van der Waals surface area contributed by atoms with Crippen molar-refractivity contribution in [2.45, 2.75) is 13.8 Å². The molecule has 5 nitrogen and oxygen atoms in total. The fourth-order valence-corrected chi connectivity index (χ4v) is 1.51. The molecule has 0 aliphatic carbocycles. The van der Waals surface area contributed by atoms with E-state index in [4.69, 9.17) is 10.5 Å². The second-order valence-electron chi connectivity index (χ2n) is 3.78. The Balaban J connectivity index is -0.000000963. The van der Waals surface area contributed by atoms with Crippen molar-refractivity contribution in [3.63, 3.8) is 0 Å². The molecule has 6 heteroatoms. The van der Waals surface area contributed by atoms with Crippen LogP contribution in [0.1, 0.15) is 25.6 Å². The first kappa shape index (κ1) is 20.0. The number of nitrogens with zero attached hydrogens (tertiary/aromatic N) is 1. The normalized spacial score (nSPS) is 9.42. The summed E-state index contributed by atoms with van der Waals surface area (Å²) < 4.78 is 5.18. The van der Waals surface area contributed by atoms with Gasteiger partial charge in [0.1, 0.15) is 6.61 Å². The first-order valence-electron chi connectivity index (χ1n) is 5.92. The lowest BCUT2D eigenvalue weighted by molar-refractivity contribution is -0.0000237. The number of benzene rings is 1. The Hall–Kier alpha value is -1.30. The highest BCUT2D eigenvalue weighted by Crippen LogP contribution is 2.06. The van der Waals surface area contributed by atoms with Crippen molar-refractivity contribution < 1.29 is 28.8 Å². The Morgan fingerprint density at radius 2 is 1.79 bits per heavy atom. The van der Waals surface area contributed by atoms with Gasteiger partial charge in [0.05, 0.1) is 5.56 Å². The molecule has 0 aliphatic heterocycles. The molecule has 4 N–H and O–H groups in total. The van der Waals surface area contributed by atoms with E-state index in [1.807, 2.05) is 0 Å². The van der Waals surface area contributed by atoms with E-state index in [2.05, 4.69) is 18.7 Å². The van der Waals surface area contributed by atoms with Crippen molar-refractivity contribution in [2.24, 2.45) is 0 Å². The van der Waals surface area contributed by atoms with Gasteiger partial charge in [-0.05, 0) is 37.4 Å². The molecule has 0 bridgehead atoms. The molecule has 1 aromatic rings. The van der Waals surface area contributed by atoms with E-state index in [1.165, 1.54) is 0 Å². The lowest BCUT2D eigenvalue weighted by Gasteiger charge is -2.17. The van der Waals surface area contributed by atoms with Gasteiger partial charge >= 0.3 is 7.40 Å². The Kier molecular flexibility index (Phi) is 11.2. The van der Waals surface area contributed by atoms with E-state index < -0.39 is 0 Å². The summed E-state index contributed by atoms with van der Waals surface area (Å²) in [7, 11) is 0. The van der Waals surface area contributed by atoms with Crippen LogP contribution in [-0.2, 0) is 4.74 Å². The standard InChI is InChI=1S/C13H20N2O2.ClH.H2O/c1-3-15(4-2)9-10-17-13(16)11-5-7-12(14)8-6-11;;/h5-8H,3-4,9-10,14H2,1-2H3;1H;1H2. The highest BCUT2D eigenvalue weighted by atomic mass is 35.5. The number of nitrogens with two attached hydrogens (primary N) is 1. The number of nitrogen functional groups attached to an aromatic ring is 1. The number of carbonyl (C=O) groups is 1. The van der Waals surface area contributed by atoms with Crippen LogP contribution in [0.5, 0.6) is 0 Å². The second-order valence-corrected chi connectivity index (χ2v) is 3.78. The van der Waals surface area contributed by atoms with Crippen LogP contribution in [0, 0.1) is 0 Å². The van der Waals surface area contributed by atoms with Crippen molar-refractivity contribution >= 4 is 11.7 Å². The van der Waals surface area contributed by atoms with E-state index in [9.17, 15) is 4.79 Å². The molecule has 0 aromatic heterocycles. The number of carbonyl (C=O) groups excluding carboxylic acids is 1. The van der Waals surface area contributed by atoms with Crippen molar-refractivity contribution in [1.82, 2.24) is 4.90 Å². The number of ether oxygens (including phenoxy) is 1. The Morgan fingerprint density at radius 3 is 2.26 bits per heavy atom. The van der Waals surface area contributed by atoms with Crippen LogP contribution < -0.4 is 18.1 Å². The molecule has 110 valence electrons. The molecule has 1 rings (SSSR count). The molecule has 1 aromatic carbocycles. The second kappa shape index (κ2) is 10.6. The summed E-state index contributed by atoms with van der Waals surface area (Å²) in [5.74, 6) is -0.294. The molecular formula is C13H23ClN2O3. The quantitative estimate of drug-likeness (QED) is 0.488. The van der Waals surface area contributed by atoms with Crippen LogP contribution in [-0.4, -0.2) is 42.6 Å². The summed E-state index contributed by atoms with van der Waals surface area (Å²) in [6, 6.07) is 6.74. The molecule has 0 amide bonds. The zero-order chi connectivity index (χ0) is 12.7. The van der Waals surface area contributed by atoms with Crippen molar-refractivity contribution in [1.29, 1.82) is 0 Å². The van der Waals surface area contributed by atoms with Gasteiger partial charge in [0.2, 0.25) is 0 Å². The Morgan fingerprint density at radius 1 is 1.26 bits per heavy atom. The summed E-state index contributed by atoms with van der Waals surface area (Å²) in [5, 5.41) is 0. The van der Waals surface area contributed by atoms with Crippen molar-refractivity contribution in [3.05, 3.63) is 29.8 Å². The minimum atomic E-state index is -0.294. The maximum atomic E-state index is 11.6. The molecule has 0 heterocycles. The van der Waals surface area contributed by atoms with Gasteiger partial charge in [-0.3, -0.25) is 0 Å². The van der Waals surface area contributed by atoms with Gasteiger partial charge in [0.15, 0.2) is 0 Å². The molecule has 0 radical (unpaired) electrons. The maximum Gasteiger partial charge on any atom is 1.00 e. The average molecular weight is 291 g/mol. The molecule has 0 fully saturated rings. The van der Waals surface area contributed by atoms with E-state index in [1.54, 1.807) is 24.3 Å². The van der Waals surface area contributed by atoms with Gasteiger partial charge in [-0.2, -0.15) is 0 Å². The topological polar surface area (TPSA) is 87.1 Å². The fourth-order valence-electron chi connectivity index (χ4n) is 1.51. The summed E-state index contributed by atoms with van der Waals surface area (Å²) in [6.45, 7) is 7.31. The van der Waals surface area contributed by atoms with E-state index in [0.717, 1.165) is 19.6 Å². The molecule has 19 heavy (non-hydrogen) atoms. The fraction of sp³-hybridized carbons (Fsp3) is 0.462. The van der Waals surface area contributed by atoms with E-state index in [0.29, 0.717) is 17.9 Å². The van der Waals surface area contributed by atoms with Crippen molar-refractivity contribution in [3.8, 4) is 0 Å². The van der Waals surface area contributed by atoms with Crippen LogP contribution in [0.25, 0.3) is 0 Å². The molecule has 0 spiro atoms. The largest absolute Gasteiger partial charge is 1.00 e. The maximum absolute atomic E-state index is 11.6. The van der Waals surface area contributed by atoms with E-state index in [-0.39, 0.29) is 25.3 Å². The van der Waals surface area contributed by atoms with Crippen LogP contribution in [0.4, 0.5) is 5.69 Å². The van der Waals surface area contributed by atoms with Crippen LogP contribution >= 0.6 is 0 Å². The van der Waals surface area contributed by atoms with Gasteiger partial charge in [0.25, 0.3) is 0 Å². The molecule has 0 atom stereocenters. The van der Waals surface area contributed by atoms with Crippen molar-refractivity contribution in [2.75, 3.05) is 32.0 Å². The predicted molar refractivity (Wildman–Crippen MR) is 73.7 cm³/mol. The molecule has 0 saturated carbocycles. The highest BCUT2D eigenvalue weighted by molar-refractivity contribution is 5.89. The number of rotatable bonds is 6. The summed E-state index contributed by atoms with van der Waals surface area (Å²) in [6.07, 6.45) is 0. The lowest BCUT2D eigenvalue weighted by Crippen LogP contribution is -3.00. The number of hydrogen-bond acceptors (Lipinski definition) is 4. The smallest absolute Gasteiger partial charge is 1.00 e. The third-order valence-corrected chi connectivity index (χ3v) is 2.68. The number of anilines is 1. The zero-order valence-corrected chi connectivity index (χ0v) is 12.1. The zero-order valence-electron chi connectivity index (χ0n) is 12.4. The average Bonchev–Trinajstić information content (AvgIpc) is 2.35. The summed E-state index contributed by atoms with van der Waals surface area (Å²) >= 11 is 0. The first-order valence-corrected chi connectivity index (χ1v) is 5.92. The first-order chi connectivity index (χ1) is 8.17. The van der Waals surface area contributed by atoms with Gasteiger partial charge in [-0.15, -0.1) is 0 Å². The predicted octanol–water partition coefficient (Wildman–Crippen LogP) is -1.94. The third kappa shape index (κ3) is 7.00. The summed E-state index contributed by atoms with van der Waals surface area (Å²) in [5.41, 5.74) is 6.73. The Labute approximate surface area is 121 Å². The minimum absolute atomic E-state index is 0. The summed E-state index contributed by atoms with van der Waals surface area (Å²) in [4.78, 5) is 13.8. The van der Waals surface area contributed by atoms with Crippen LogP contribution in [0.15, 0.2) is 24.3 Å². The van der Waals surface area contributed by atoms with Gasteiger partial charge < -0.3 is 33.3 Å². The monoisotopic (exact) mass is 290 g/mol. The highest BCUT2D eigenvalue weighted by Gasteiger charge is 2.07. The van der Waals surface area contributed by atoms with E-state index >= 15 is 0 Å².